The summed E-state index contributed by atoms with van der Waals surface area (Å²) in [7, 11) is 0. The number of hydrogen-bond donors (Lipinski definition) is 2. The largest absolute Gasteiger partial charge is 0.478 e. The fourth-order valence-electron chi connectivity index (χ4n) is 2.67. The Morgan fingerprint density at radius 2 is 1.57 bits per heavy atom. The second-order valence-electron chi connectivity index (χ2n) is 4.73. The van der Waals surface area contributed by atoms with E-state index in [4.69, 9.17) is 5.73 Å². The lowest BCUT2D eigenvalue weighted by atomic mass is 9.80. The molecule has 0 saturated carbocycles. The summed E-state index contributed by atoms with van der Waals surface area (Å²) in [4.78, 5) is 36.3. The van der Waals surface area contributed by atoms with Gasteiger partial charge in [-0.25, -0.2) is 4.79 Å². The van der Waals surface area contributed by atoms with Gasteiger partial charge >= 0.3 is 5.97 Å². The van der Waals surface area contributed by atoms with Crippen LogP contribution in [0.1, 0.15) is 47.8 Å². The third kappa shape index (κ3) is 1.79. The van der Waals surface area contributed by atoms with Crippen LogP contribution in [0.2, 0.25) is 0 Å². The first kappa shape index (κ1) is 13.2. The molecule has 5 nitrogen and oxygen atoms in total. The molecule has 0 spiro atoms. The van der Waals surface area contributed by atoms with Crippen molar-refractivity contribution in [2.45, 2.75) is 6.54 Å². The molecule has 5 heteroatoms. The van der Waals surface area contributed by atoms with Crippen LogP contribution < -0.4 is 5.73 Å². The molecule has 0 fully saturated rings. The molecule has 21 heavy (non-hydrogen) atoms. The van der Waals surface area contributed by atoms with Gasteiger partial charge in [-0.1, -0.05) is 24.3 Å². The van der Waals surface area contributed by atoms with Gasteiger partial charge in [0.15, 0.2) is 11.6 Å². The van der Waals surface area contributed by atoms with Gasteiger partial charge in [-0.2, -0.15) is 0 Å². The van der Waals surface area contributed by atoms with E-state index in [1.54, 1.807) is 24.3 Å². The van der Waals surface area contributed by atoms with E-state index in [-0.39, 0.29) is 45.9 Å². The Labute approximate surface area is 120 Å². The van der Waals surface area contributed by atoms with E-state index in [2.05, 4.69) is 0 Å². The summed E-state index contributed by atoms with van der Waals surface area (Å²) in [5.74, 6) is -1.81. The molecule has 0 aromatic heterocycles. The number of carbonyl (C=O) groups excluding carboxylic acids is 2. The fourth-order valence-corrected chi connectivity index (χ4v) is 2.67. The molecule has 2 aromatic rings. The summed E-state index contributed by atoms with van der Waals surface area (Å²) >= 11 is 0. The number of ketones is 2. The number of nitrogens with two attached hydrogens (primary N) is 1. The minimum atomic E-state index is -1.17. The second-order valence-corrected chi connectivity index (χ2v) is 4.73. The summed E-state index contributed by atoms with van der Waals surface area (Å²) in [6, 6.07) is 9.21. The highest BCUT2D eigenvalue weighted by Crippen LogP contribution is 2.31. The lowest BCUT2D eigenvalue weighted by Gasteiger charge is -2.20. The van der Waals surface area contributed by atoms with E-state index in [9.17, 15) is 19.5 Å². The minimum Gasteiger partial charge on any atom is -0.478 e. The van der Waals surface area contributed by atoms with Crippen LogP contribution in [-0.4, -0.2) is 22.6 Å². The standard InChI is InChI=1S/C16H11NO4/c17-7-12-10(16(20)21)5-6-11-13(12)15(19)9-4-2-1-3-8(9)14(11)18/h1-6H,7,17H2,(H,20,21). The molecule has 3 rings (SSSR count). The van der Waals surface area contributed by atoms with Crippen LogP contribution in [0.4, 0.5) is 0 Å². The van der Waals surface area contributed by atoms with Crippen LogP contribution in [0.15, 0.2) is 36.4 Å². The number of carboxylic acids is 1. The highest BCUT2D eigenvalue weighted by molar-refractivity contribution is 6.29. The number of carbonyl (C=O) groups is 3. The molecular weight excluding hydrogens is 270 g/mol. The highest BCUT2D eigenvalue weighted by Gasteiger charge is 2.32. The maximum Gasteiger partial charge on any atom is 0.336 e. The molecule has 0 aliphatic heterocycles. The molecule has 0 saturated heterocycles. The maximum absolute atomic E-state index is 12.6. The average Bonchev–Trinajstić information content (AvgIpc) is 2.51. The van der Waals surface area contributed by atoms with Gasteiger partial charge in [0.05, 0.1) is 5.56 Å². The van der Waals surface area contributed by atoms with Crippen molar-refractivity contribution in [1.29, 1.82) is 0 Å². The molecule has 3 N–H and O–H groups in total. The number of aromatic carboxylic acids is 1. The zero-order valence-electron chi connectivity index (χ0n) is 10.9. The normalized spacial score (nSPS) is 12.8. The van der Waals surface area contributed by atoms with E-state index >= 15 is 0 Å². The van der Waals surface area contributed by atoms with Crippen molar-refractivity contribution < 1.29 is 19.5 Å². The average molecular weight is 281 g/mol. The van der Waals surface area contributed by atoms with Crippen LogP contribution in [0.5, 0.6) is 0 Å². The van der Waals surface area contributed by atoms with Crippen molar-refractivity contribution in [3.05, 3.63) is 69.8 Å². The first-order chi connectivity index (χ1) is 10.1. The lowest BCUT2D eigenvalue weighted by Crippen LogP contribution is -2.25. The number of benzene rings is 2. The van der Waals surface area contributed by atoms with E-state index in [0.29, 0.717) is 5.56 Å². The molecule has 0 atom stereocenters. The zero-order chi connectivity index (χ0) is 15.1. The number of fused-ring (bicyclic) bond motifs is 2. The van der Waals surface area contributed by atoms with Gasteiger partial charge in [0, 0.05) is 28.8 Å². The molecule has 0 heterocycles. The fraction of sp³-hybridized carbons (Fsp3) is 0.0625. The highest BCUT2D eigenvalue weighted by atomic mass is 16.4. The molecule has 0 radical (unpaired) electrons. The van der Waals surface area contributed by atoms with Gasteiger partial charge in [-0.05, 0) is 17.7 Å². The van der Waals surface area contributed by atoms with Crippen molar-refractivity contribution >= 4 is 17.5 Å². The lowest BCUT2D eigenvalue weighted by molar-refractivity contribution is 0.0695. The van der Waals surface area contributed by atoms with E-state index in [1.807, 2.05) is 0 Å². The molecule has 2 aromatic carbocycles. The number of rotatable bonds is 2. The van der Waals surface area contributed by atoms with Crippen LogP contribution in [0.25, 0.3) is 0 Å². The maximum atomic E-state index is 12.6. The molecule has 0 bridgehead atoms. The number of carboxylic acid groups (broad SMARTS) is 1. The van der Waals surface area contributed by atoms with E-state index < -0.39 is 5.97 Å². The first-order valence-electron chi connectivity index (χ1n) is 6.34. The summed E-state index contributed by atoms with van der Waals surface area (Å²) in [6.45, 7) is -0.119. The second kappa shape index (κ2) is 4.64. The monoisotopic (exact) mass is 281 g/mol. The summed E-state index contributed by atoms with van der Waals surface area (Å²) in [5.41, 5.74) is 6.71. The van der Waals surface area contributed by atoms with Crippen molar-refractivity contribution in [3.63, 3.8) is 0 Å². The molecule has 0 amide bonds. The van der Waals surface area contributed by atoms with Crippen molar-refractivity contribution in [2.75, 3.05) is 0 Å². The Hall–Kier alpha value is -2.79. The Bertz CT molecular complexity index is 808. The van der Waals surface area contributed by atoms with Crippen molar-refractivity contribution in [3.8, 4) is 0 Å². The molecule has 1 aliphatic carbocycles. The van der Waals surface area contributed by atoms with Gasteiger partial charge in [0.2, 0.25) is 0 Å². The van der Waals surface area contributed by atoms with Crippen molar-refractivity contribution in [1.82, 2.24) is 0 Å². The Balaban J connectivity index is 2.35. The summed E-state index contributed by atoms with van der Waals surface area (Å²) in [6.07, 6.45) is 0. The smallest absolute Gasteiger partial charge is 0.336 e. The summed E-state index contributed by atoms with van der Waals surface area (Å²) in [5, 5.41) is 9.19. The quantitative estimate of drug-likeness (QED) is 0.743. The third-order valence-corrected chi connectivity index (χ3v) is 3.64. The SMILES string of the molecule is NCc1c(C(=O)O)ccc2c1C(=O)c1ccccc1C2=O. The van der Waals surface area contributed by atoms with Gasteiger partial charge in [0.25, 0.3) is 0 Å². The Kier molecular flexibility index (Phi) is 2.92. The molecular formula is C16H11NO4. The van der Waals surface area contributed by atoms with Crippen LogP contribution >= 0.6 is 0 Å². The predicted octanol–water partition coefficient (Wildman–Crippen LogP) is 1.62. The van der Waals surface area contributed by atoms with Crippen LogP contribution in [0.3, 0.4) is 0 Å². The van der Waals surface area contributed by atoms with Gasteiger partial charge < -0.3 is 10.8 Å². The zero-order valence-corrected chi connectivity index (χ0v) is 10.9. The number of hydrogen-bond acceptors (Lipinski definition) is 4. The first-order valence-corrected chi connectivity index (χ1v) is 6.34. The van der Waals surface area contributed by atoms with E-state index in [1.165, 1.54) is 12.1 Å². The Morgan fingerprint density at radius 3 is 2.14 bits per heavy atom. The van der Waals surface area contributed by atoms with Gasteiger partial charge in [0.1, 0.15) is 0 Å². The topological polar surface area (TPSA) is 97.5 Å². The van der Waals surface area contributed by atoms with Crippen LogP contribution in [-0.2, 0) is 6.54 Å². The minimum absolute atomic E-state index is 0.0446. The molecule has 0 unspecified atom stereocenters. The van der Waals surface area contributed by atoms with Crippen molar-refractivity contribution in [2.24, 2.45) is 5.73 Å². The van der Waals surface area contributed by atoms with Crippen LogP contribution in [0, 0.1) is 0 Å². The van der Waals surface area contributed by atoms with E-state index in [0.717, 1.165) is 0 Å². The third-order valence-electron chi connectivity index (χ3n) is 3.64. The molecule has 104 valence electrons. The molecule has 1 aliphatic rings. The summed E-state index contributed by atoms with van der Waals surface area (Å²) < 4.78 is 0. The predicted molar refractivity (Wildman–Crippen MR) is 74.6 cm³/mol. The van der Waals surface area contributed by atoms with Gasteiger partial charge in [-0.3, -0.25) is 9.59 Å². The van der Waals surface area contributed by atoms with Gasteiger partial charge in [-0.15, -0.1) is 0 Å². The Morgan fingerprint density at radius 1 is 0.952 bits per heavy atom.